The third-order valence-corrected chi connectivity index (χ3v) is 6.96. The lowest BCUT2D eigenvalue weighted by atomic mass is 10.0. The van der Waals surface area contributed by atoms with Gasteiger partial charge in [0.1, 0.15) is 10.9 Å². The molecule has 2 atom stereocenters. The average molecular weight is 378 g/mol. The van der Waals surface area contributed by atoms with Crippen molar-refractivity contribution in [1.29, 1.82) is 0 Å². The Kier molecular flexibility index (Phi) is 4.45. The third-order valence-electron chi connectivity index (χ3n) is 5.02. The van der Waals surface area contributed by atoms with Crippen molar-refractivity contribution in [3.05, 3.63) is 23.9 Å². The minimum atomic E-state index is -3.79. The van der Waals surface area contributed by atoms with Crippen LogP contribution in [0.1, 0.15) is 24.8 Å². The number of carbonyl (C=O) groups excluding carboxylic acids is 1. The van der Waals surface area contributed by atoms with Crippen molar-refractivity contribution >= 4 is 26.8 Å². The quantitative estimate of drug-likeness (QED) is 0.824. The maximum Gasteiger partial charge on any atom is 0.245 e. The first-order valence-electron chi connectivity index (χ1n) is 8.80. The molecular formula is C17H22N4O4S. The number of fused-ring (bicyclic) bond motifs is 1. The standard InChI is InChI=1S/C17H22N4O4S/c1-11-7-12-9-18-20-16(12)15(8-11)26(23,24)21-5-4-14(21)17(22)19-13-3-2-6-25-10-13/h7-9,13-14H,2-6,10H2,1H3,(H,18,20)(H,19,22)/t13-,14+/m1/s1. The van der Waals surface area contributed by atoms with Gasteiger partial charge < -0.3 is 10.1 Å². The number of nitrogens with one attached hydrogen (secondary N) is 2. The number of H-pyrrole nitrogens is 1. The molecule has 3 heterocycles. The molecule has 2 aliphatic heterocycles. The lowest BCUT2D eigenvalue weighted by Gasteiger charge is -2.39. The molecule has 4 rings (SSSR count). The molecule has 26 heavy (non-hydrogen) atoms. The zero-order valence-electron chi connectivity index (χ0n) is 14.6. The largest absolute Gasteiger partial charge is 0.379 e. The Morgan fingerprint density at radius 2 is 2.23 bits per heavy atom. The van der Waals surface area contributed by atoms with Gasteiger partial charge in [0.25, 0.3) is 0 Å². The molecule has 0 radical (unpaired) electrons. The fourth-order valence-electron chi connectivity index (χ4n) is 3.56. The topological polar surface area (TPSA) is 104 Å². The number of aromatic amines is 1. The van der Waals surface area contributed by atoms with Crippen LogP contribution in [-0.4, -0.2) is 60.7 Å². The predicted molar refractivity (Wildman–Crippen MR) is 95.1 cm³/mol. The molecule has 9 heteroatoms. The smallest absolute Gasteiger partial charge is 0.245 e. The summed E-state index contributed by atoms with van der Waals surface area (Å²) in [5, 5.41) is 10.4. The Morgan fingerprint density at radius 1 is 1.38 bits per heavy atom. The summed E-state index contributed by atoms with van der Waals surface area (Å²) in [6.07, 6.45) is 3.89. The number of aromatic nitrogens is 2. The molecule has 1 aromatic carbocycles. The van der Waals surface area contributed by atoms with E-state index in [4.69, 9.17) is 4.74 Å². The van der Waals surface area contributed by atoms with Gasteiger partial charge in [0.05, 0.1) is 24.4 Å². The predicted octanol–water partition coefficient (Wildman–Crippen LogP) is 0.930. The van der Waals surface area contributed by atoms with E-state index in [1.54, 1.807) is 12.3 Å². The van der Waals surface area contributed by atoms with Crippen molar-refractivity contribution in [2.75, 3.05) is 19.8 Å². The van der Waals surface area contributed by atoms with E-state index < -0.39 is 16.1 Å². The number of carbonyl (C=O) groups is 1. The minimum absolute atomic E-state index is 0.0420. The number of nitrogens with zero attached hydrogens (tertiary/aromatic N) is 2. The van der Waals surface area contributed by atoms with Gasteiger partial charge in [0, 0.05) is 18.5 Å². The lowest BCUT2D eigenvalue weighted by Crippen LogP contribution is -2.59. The highest BCUT2D eigenvalue weighted by Crippen LogP contribution is 2.31. The van der Waals surface area contributed by atoms with Crippen molar-refractivity contribution in [3.8, 4) is 0 Å². The Morgan fingerprint density at radius 3 is 2.92 bits per heavy atom. The number of amides is 1. The fourth-order valence-corrected chi connectivity index (χ4v) is 5.45. The molecule has 2 aliphatic rings. The van der Waals surface area contributed by atoms with E-state index in [2.05, 4.69) is 15.5 Å². The first kappa shape index (κ1) is 17.4. The monoisotopic (exact) mass is 378 g/mol. The highest BCUT2D eigenvalue weighted by molar-refractivity contribution is 7.89. The molecule has 2 saturated heterocycles. The van der Waals surface area contributed by atoms with E-state index >= 15 is 0 Å². The van der Waals surface area contributed by atoms with E-state index in [-0.39, 0.29) is 16.8 Å². The van der Waals surface area contributed by atoms with E-state index in [9.17, 15) is 13.2 Å². The maximum absolute atomic E-state index is 13.2. The number of ether oxygens (including phenoxy) is 1. The number of hydrogen-bond donors (Lipinski definition) is 2. The Bertz CT molecular complexity index is 933. The van der Waals surface area contributed by atoms with Crippen LogP contribution in [0.4, 0.5) is 0 Å². The summed E-state index contributed by atoms with van der Waals surface area (Å²) in [7, 11) is -3.79. The first-order chi connectivity index (χ1) is 12.5. The van der Waals surface area contributed by atoms with Crippen LogP contribution < -0.4 is 5.32 Å². The van der Waals surface area contributed by atoms with Crippen LogP contribution in [0.3, 0.4) is 0 Å². The highest BCUT2D eigenvalue weighted by atomic mass is 32.2. The second-order valence-corrected chi connectivity index (χ2v) is 8.80. The van der Waals surface area contributed by atoms with Crippen LogP contribution in [0, 0.1) is 6.92 Å². The molecule has 0 unspecified atom stereocenters. The first-order valence-corrected chi connectivity index (χ1v) is 10.2. The normalized spacial score (nSPS) is 24.3. The van der Waals surface area contributed by atoms with Crippen LogP contribution in [0.5, 0.6) is 0 Å². The van der Waals surface area contributed by atoms with Gasteiger partial charge in [-0.1, -0.05) is 0 Å². The molecule has 0 saturated carbocycles. The molecule has 2 aromatic rings. The molecule has 0 spiro atoms. The lowest BCUT2D eigenvalue weighted by molar-refractivity contribution is -0.129. The molecular weight excluding hydrogens is 356 g/mol. The minimum Gasteiger partial charge on any atom is -0.379 e. The van der Waals surface area contributed by atoms with Crippen LogP contribution >= 0.6 is 0 Å². The second kappa shape index (κ2) is 6.64. The van der Waals surface area contributed by atoms with Gasteiger partial charge in [-0.25, -0.2) is 8.42 Å². The average Bonchev–Trinajstić information content (AvgIpc) is 3.01. The van der Waals surface area contributed by atoms with Gasteiger partial charge in [-0.2, -0.15) is 9.40 Å². The molecule has 1 aromatic heterocycles. The van der Waals surface area contributed by atoms with E-state index in [0.717, 1.165) is 23.8 Å². The van der Waals surface area contributed by atoms with Crippen LogP contribution in [0.2, 0.25) is 0 Å². The molecule has 1 amide bonds. The number of benzene rings is 1. The summed E-state index contributed by atoms with van der Waals surface area (Å²) < 4.78 is 33.0. The van der Waals surface area contributed by atoms with Crippen molar-refractivity contribution in [3.63, 3.8) is 0 Å². The molecule has 0 aliphatic carbocycles. The summed E-state index contributed by atoms with van der Waals surface area (Å²) in [6.45, 7) is 3.38. The van der Waals surface area contributed by atoms with Crippen LogP contribution in [-0.2, 0) is 19.6 Å². The van der Waals surface area contributed by atoms with Crippen LogP contribution in [0.25, 0.3) is 10.9 Å². The van der Waals surface area contributed by atoms with Crippen molar-refractivity contribution in [2.45, 2.75) is 43.2 Å². The van der Waals surface area contributed by atoms with Gasteiger partial charge in [-0.05, 0) is 43.9 Å². The molecule has 2 N–H and O–H groups in total. The highest BCUT2D eigenvalue weighted by Gasteiger charge is 2.44. The van der Waals surface area contributed by atoms with Crippen LogP contribution in [0.15, 0.2) is 23.2 Å². The van der Waals surface area contributed by atoms with Gasteiger partial charge in [0.15, 0.2) is 0 Å². The summed E-state index contributed by atoms with van der Waals surface area (Å²) in [6, 6.07) is 2.79. The fraction of sp³-hybridized carbons (Fsp3) is 0.529. The van der Waals surface area contributed by atoms with Crippen molar-refractivity contribution in [1.82, 2.24) is 19.8 Å². The third kappa shape index (κ3) is 3.00. The maximum atomic E-state index is 13.2. The number of sulfonamides is 1. The number of rotatable bonds is 4. The Balaban J connectivity index is 1.57. The molecule has 140 valence electrons. The number of hydrogen-bond acceptors (Lipinski definition) is 5. The van der Waals surface area contributed by atoms with Gasteiger partial charge in [0.2, 0.25) is 15.9 Å². The second-order valence-electron chi connectivity index (χ2n) is 6.94. The van der Waals surface area contributed by atoms with Crippen molar-refractivity contribution in [2.24, 2.45) is 0 Å². The molecule has 0 bridgehead atoms. The summed E-state index contributed by atoms with van der Waals surface area (Å²) >= 11 is 0. The Hall–Kier alpha value is -1.97. The van der Waals surface area contributed by atoms with E-state index in [1.165, 1.54) is 4.31 Å². The van der Waals surface area contributed by atoms with Gasteiger partial charge >= 0.3 is 0 Å². The van der Waals surface area contributed by atoms with Gasteiger partial charge in [-0.15, -0.1) is 0 Å². The summed E-state index contributed by atoms with van der Waals surface area (Å²) in [4.78, 5) is 12.7. The van der Waals surface area contributed by atoms with Gasteiger partial charge in [-0.3, -0.25) is 9.89 Å². The number of aryl methyl sites for hydroxylation is 1. The zero-order valence-corrected chi connectivity index (χ0v) is 15.4. The molecule has 8 nitrogen and oxygen atoms in total. The zero-order chi connectivity index (χ0) is 18.3. The summed E-state index contributed by atoms with van der Waals surface area (Å²) in [5.74, 6) is -0.246. The molecule has 2 fully saturated rings. The SMILES string of the molecule is Cc1cc(S(=O)(=O)N2CC[C@H]2C(=O)N[C@@H]2CCCOC2)c2[nH]ncc2c1. The van der Waals surface area contributed by atoms with E-state index in [0.29, 0.717) is 31.7 Å². The van der Waals surface area contributed by atoms with E-state index in [1.807, 2.05) is 13.0 Å². The van der Waals surface area contributed by atoms with Crippen molar-refractivity contribution < 1.29 is 17.9 Å². The summed E-state index contributed by atoms with van der Waals surface area (Å²) in [5.41, 5.74) is 1.31. The Labute approximate surface area is 151 Å².